The average molecular weight is 395 g/mol. The number of rotatable bonds is 2. The quantitative estimate of drug-likeness (QED) is 0.498. The molecule has 0 saturated carbocycles. The third kappa shape index (κ3) is 2.76. The van der Waals surface area contributed by atoms with Gasteiger partial charge in [0, 0.05) is 26.0 Å². The van der Waals surface area contributed by atoms with Gasteiger partial charge in [-0.05, 0) is 48.4 Å². The Balaban J connectivity index is 2.35. The fourth-order valence-electron chi connectivity index (χ4n) is 2.34. The maximum absolute atomic E-state index is 11.8. The van der Waals surface area contributed by atoms with Crippen molar-refractivity contribution in [2.45, 2.75) is 6.92 Å². The van der Waals surface area contributed by atoms with Crippen LogP contribution in [0, 0.1) is 6.92 Å². The Morgan fingerprint density at radius 2 is 1.82 bits per heavy atom. The van der Waals surface area contributed by atoms with E-state index in [-0.39, 0.29) is 0 Å². The van der Waals surface area contributed by atoms with Gasteiger partial charge in [-0.15, -0.1) is 0 Å². The van der Waals surface area contributed by atoms with Crippen LogP contribution in [0.1, 0.15) is 15.9 Å². The van der Waals surface area contributed by atoms with Gasteiger partial charge in [0.05, 0.1) is 11.2 Å². The lowest BCUT2D eigenvalue weighted by Crippen LogP contribution is -1.97. The number of carbonyl (C=O) groups excluding carboxylic acids is 1. The summed E-state index contributed by atoms with van der Waals surface area (Å²) >= 11 is 15.3. The van der Waals surface area contributed by atoms with Crippen molar-refractivity contribution in [3.05, 3.63) is 63.1 Å². The lowest BCUT2D eigenvalue weighted by molar-refractivity contribution is 0.108. The maximum atomic E-state index is 11.8. The third-order valence-corrected chi connectivity index (χ3v) is 4.66. The van der Waals surface area contributed by atoms with Crippen LogP contribution in [-0.4, -0.2) is 10.2 Å². The normalized spacial score (nSPS) is 10.9. The smallest absolute Gasteiger partial charge is 0.253 e. The van der Waals surface area contributed by atoms with E-state index in [2.05, 4.69) is 20.9 Å². The fraction of sp³-hybridized carbons (Fsp3) is 0.0588. The standard InChI is InChI=1S/C17H10BrCl2NO/c1-9-14(19)7-6-12-13(17(20)22)8-15(21-16(9)12)10-2-4-11(18)5-3-10/h2-8H,1H3. The van der Waals surface area contributed by atoms with Crippen LogP contribution >= 0.6 is 39.1 Å². The van der Waals surface area contributed by atoms with Crippen molar-refractivity contribution in [2.75, 3.05) is 0 Å². The van der Waals surface area contributed by atoms with Crippen LogP contribution in [0.3, 0.4) is 0 Å². The summed E-state index contributed by atoms with van der Waals surface area (Å²) < 4.78 is 0.977. The molecule has 5 heteroatoms. The number of hydrogen-bond acceptors (Lipinski definition) is 2. The number of carbonyl (C=O) groups is 1. The molecule has 0 fully saturated rings. The Hall–Kier alpha value is -1.42. The van der Waals surface area contributed by atoms with E-state index in [0.717, 1.165) is 15.6 Å². The van der Waals surface area contributed by atoms with Crippen molar-refractivity contribution in [3.63, 3.8) is 0 Å². The van der Waals surface area contributed by atoms with Crippen molar-refractivity contribution < 1.29 is 4.79 Å². The lowest BCUT2D eigenvalue weighted by Gasteiger charge is -2.10. The summed E-state index contributed by atoms with van der Waals surface area (Å²) in [5, 5.41) is 0.816. The molecule has 110 valence electrons. The predicted molar refractivity (Wildman–Crippen MR) is 94.8 cm³/mol. The number of benzene rings is 2. The Kier molecular flexibility index (Phi) is 4.22. The first-order valence-electron chi connectivity index (χ1n) is 6.53. The molecule has 0 radical (unpaired) electrons. The van der Waals surface area contributed by atoms with Crippen LogP contribution in [0.2, 0.25) is 5.02 Å². The largest absolute Gasteiger partial charge is 0.276 e. The number of hydrogen-bond donors (Lipinski definition) is 0. The first-order valence-corrected chi connectivity index (χ1v) is 8.08. The summed E-state index contributed by atoms with van der Waals surface area (Å²) in [6.45, 7) is 1.88. The van der Waals surface area contributed by atoms with E-state index in [1.807, 2.05) is 31.2 Å². The van der Waals surface area contributed by atoms with Gasteiger partial charge in [0.2, 0.25) is 0 Å². The molecule has 0 aliphatic rings. The number of pyridine rings is 1. The zero-order chi connectivity index (χ0) is 15.9. The first-order chi connectivity index (χ1) is 10.5. The number of aryl methyl sites for hydroxylation is 1. The second-order valence-electron chi connectivity index (χ2n) is 4.90. The number of fused-ring (bicyclic) bond motifs is 1. The average Bonchev–Trinajstić information content (AvgIpc) is 2.51. The number of aromatic nitrogens is 1. The highest BCUT2D eigenvalue weighted by molar-refractivity contribution is 9.10. The predicted octanol–water partition coefficient (Wildman–Crippen LogP) is 6.01. The van der Waals surface area contributed by atoms with Gasteiger partial charge in [0.25, 0.3) is 5.24 Å². The highest BCUT2D eigenvalue weighted by atomic mass is 79.9. The van der Waals surface area contributed by atoms with Gasteiger partial charge in [0.15, 0.2) is 0 Å². The van der Waals surface area contributed by atoms with Crippen molar-refractivity contribution >= 4 is 55.3 Å². The summed E-state index contributed by atoms with van der Waals surface area (Å²) in [7, 11) is 0. The van der Waals surface area contributed by atoms with E-state index in [1.165, 1.54) is 0 Å². The minimum Gasteiger partial charge on any atom is -0.276 e. The van der Waals surface area contributed by atoms with Gasteiger partial charge in [-0.3, -0.25) is 4.79 Å². The molecule has 0 aliphatic heterocycles. The van der Waals surface area contributed by atoms with Gasteiger partial charge < -0.3 is 0 Å². The van der Waals surface area contributed by atoms with E-state index in [1.54, 1.807) is 18.2 Å². The van der Waals surface area contributed by atoms with E-state index >= 15 is 0 Å². The molecule has 0 amide bonds. The van der Waals surface area contributed by atoms with E-state index in [0.29, 0.717) is 27.2 Å². The maximum Gasteiger partial charge on any atom is 0.253 e. The SMILES string of the molecule is Cc1c(Cl)ccc2c(C(=O)Cl)cc(-c3ccc(Br)cc3)nc12. The molecule has 0 saturated heterocycles. The van der Waals surface area contributed by atoms with Crippen molar-refractivity contribution in [2.24, 2.45) is 0 Å². The molecular formula is C17H10BrCl2NO. The zero-order valence-corrected chi connectivity index (χ0v) is 14.6. The first kappa shape index (κ1) is 15.5. The molecule has 1 heterocycles. The highest BCUT2D eigenvalue weighted by Gasteiger charge is 2.14. The summed E-state index contributed by atoms with van der Waals surface area (Å²) in [4.78, 5) is 16.5. The second kappa shape index (κ2) is 5.99. The fourth-order valence-corrected chi connectivity index (χ4v) is 2.91. The topological polar surface area (TPSA) is 30.0 Å². The van der Waals surface area contributed by atoms with Crippen LogP contribution < -0.4 is 0 Å². The third-order valence-electron chi connectivity index (χ3n) is 3.52. The van der Waals surface area contributed by atoms with Gasteiger partial charge in [-0.25, -0.2) is 4.98 Å². The van der Waals surface area contributed by atoms with E-state index < -0.39 is 5.24 Å². The Bertz CT molecular complexity index is 891. The molecular weight excluding hydrogens is 385 g/mol. The monoisotopic (exact) mass is 393 g/mol. The van der Waals surface area contributed by atoms with Crippen LogP contribution in [0.15, 0.2) is 46.9 Å². The minimum atomic E-state index is -0.507. The zero-order valence-electron chi connectivity index (χ0n) is 11.5. The van der Waals surface area contributed by atoms with Crippen molar-refractivity contribution in [1.82, 2.24) is 4.98 Å². The van der Waals surface area contributed by atoms with Gasteiger partial charge in [0.1, 0.15) is 0 Å². The summed E-state index contributed by atoms with van der Waals surface area (Å²) in [6.07, 6.45) is 0. The van der Waals surface area contributed by atoms with Crippen LogP contribution in [0.4, 0.5) is 0 Å². The molecule has 0 N–H and O–H groups in total. The molecule has 3 rings (SSSR count). The van der Waals surface area contributed by atoms with Gasteiger partial charge >= 0.3 is 0 Å². The molecule has 0 aliphatic carbocycles. The molecule has 0 atom stereocenters. The Morgan fingerprint density at radius 1 is 1.14 bits per heavy atom. The molecule has 0 unspecified atom stereocenters. The Morgan fingerprint density at radius 3 is 2.45 bits per heavy atom. The van der Waals surface area contributed by atoms with Crippen molar-refractivity contribution in [1.29, 1.82) is 0 Å². The molecule has 2 nitrogen and oxygen atoms in total. The molecule has 22 heavy (non-hydrogen) atoms. The number of halogens is 3. The van der Waals surface area contributed by atoms with Gasteiger partial charge in [-0.1, -0.05) is 45.7 Å². The molecule has 3 aromatic rings. The molecule has 0 spiro atoms. The van der Waals surface area contributed by atoms with Crippen LogP contribution in [0.25, 0.3) is 22.2 Å². The molecule has 2 aromatic carbocycles. The van der Waals surface area contributed by atoms with Crippen LogP contribution in [-0.2, 0) is 0 Å². The Labute approximate surface area is 146 Å². The lowest BCUT2D eigenvalue weighted by atomic mass is 10.0. The highest BCUT2D eigenvalue weighted by Crippen LogP contribution is 2.31. The summed E-state index contributed by atoms with van der Waals surface area (Å²) in [5.74, 6) is 0. The summed E-state index contributed by atoms with van der Waals surface area (Å²) in [6, 6.07) is 13.0. The second-order valence-corrected chi connectivity index (χ2v) is 6.57. The van der Waals surface area contributed by atoms with Crippen molar-refractivity contribution in [3.8, 4) is 11.3 Å². The van der Waals surface area contributed by atoms with E-state index in [9.17, 15) is 4.79 Å². The van der Waals surface area contributed by atoms with Crippen LogP contribution in [0.5, 0.6) is 0 Å². The summed E-state index contributed by atoms with van der Waals surface area (Å²) in [5.41, 5.74) is 3.55. The number of nitrogens with zero attached hydrogens (tertiary/aromatic N) is 1. The molecule has 1 aromatic heterocycles. The molecule has 0 bridgehead atoms. The van der Waals surface area contributed by atoms with E-state index in [4.69, 9.17) is 23.2 Å². The van der Waals surface area contributed by atoms with Gasteiger partial charge in [-0.2, -0.15) is 0 Å². The minimum absolute atomic E-state index is 0.435.